The lowest BCUT2D eigenvalue weighted by Gasteiger charge is -2.15. The molecule has 0 saturated carbocycles. The topological polar surface area (TPSA) is 79.8 Å². The average molecular weight is 495 g/mol. The number of benzene rings is 2. The van der Waals surface area contributed by atoms with Crippen molar-refractivity contribution >= 4 is 49.9 Å². The molecule has 2 amide bonds. The van der Waals surface area contributed by atoms with E-state index in [0.717, 1.165) is 20.1 Å². The molecule has 3 rings (SSSR count). The number of hydrogen-bond donors (Lipinski definition) is 2. The van der Waals surface area contributed by atoms with Crippen LogP contribution in [0.4, 0.5) is 0 Å². The van der Waals surface area contributed by atoms with Crippen LogP contribution < -0.4 is 15.5 Å². The van der Waals surface area contributed by atoms with Gasteiger partial charge < -0.3 is 10.1 Å². The summed E-state index contributed by atoms with van der Waals surface area (Å²) in [7, 11) is 1.58. The highest BCUT2D eigenvalue weighted by Gasteiger charge is 2.40. The van der Waals surface area contributed by atoms with Crippen LogP contribution in [0.15, 0.2) is 56.5 Å². The maximum Gasteiger partial charge on any atom is 0.253 e. The summed E-state index contributed by atoms with van der Waals surface area (Å²) in [5.74, 6) is -1.06. The minimum Gasteiger partial charge on any atom is -0.494 e. The van der Waals surface area contributed by atoms with Crippen LogP contribution in [0.2, 0.25) is 0 Å². The summed E-state index contributed by atoms with van der Waals surface area (Å²) in [5, 5.41) is 6.76. The maximum absolute atomic E-state index is 12.5. The SMILES string of the molecule is COc1c(Br)cc(C=NNC(=O)[C@H]2C(=O)NC[C@H]2c2ccccc2)cc1Br. The number of nitrogens with one attached hydrogen (secondary N) is 2. The second kappa shape index (κ2) is 8.67. The summed E-state index contributed by atoms with van der Waals surface area (Å²) in [4.78, 5) is 24.7. The van der Waals surface area contributed by atoms with Crippen molar-refractivity contribution < 1.29 is 14.3 Å². The Morgan fingerprint density at radius 2 is 1.93 bits per heavy atom. The molecule has 140 valence electrons. The van der Waals surface area contributed by atoms with Gasteiger partial charge in [-0.25, -0.2) is 5.43 Å². The molecule has 6 nitrogen and oxygen atoms in total. The molecule has 2 atom stereocenters. The molecule has 1 aliphatic heterocycles. The van der Waals surface area contributed by atoms with Gasteiger partial charge in [0, 0.05) is 12.5 Å². The normalized spacial score (nSPS) is 19.1. The second-order valence-corrected chi connectivity index (χ2v) is 7.70. The Balaban J connectivity index is 1.71. The Bertz CT molecular complexity index is 864. The van der Waals surface area contributed by atoms with Crippen molar-refractivity contribution in [3.8, 4) is 5.75 Å². The second-order valence-electron chi connectivity index (χ2n) is 5.99. The summed E-state index contributed by atoms with van der Waals surface area (Å²) in [6.45, 7) is 0.434. The van der Waals surface area contributed by atoms with Crippen molar-refractivity contribution in [2.45, 2.75) is 5.92 Å². The molecule has 1 fully saturated rings. The zero-order valence-electron chi connectivity index (χ0n) is 14.4. The molecule has 1 aliphatic rings. The highest BCUT2D eigenvalue weighted by atomic mass is 79.9. The fraction of sp³-hybridized carbons (Fsp3) is 0.211. The first-order chi connectivity index (χ1) is 13.0. The van der Waals surface area contributed by atoms with Gasteiger partial charge in [-0.2, -0.15) is 5.10 Å². The molecule has 27 heavy (non-hydrogen) atoms. The minimum absolute atomic E-state index is 0.210. The molecular formula is C19H17Br2N3O3. The zero-order chi connectivity index (χ0) is 19.4. The fourth-order valence-corrected chi connectivity index (χ4v) is 4.57. The average Bonchev–Trinajstić information content (AvgIpc) is 3.04. The molecule has 2 N–H and O–H groups in total. The molecule has 0 spiro atoms. The number of hydrogen-bond acceptors (Lipinski definition) is 4. The van der Waals surface area contributed by atoms with Crippen LogP contribution in [0.25, 0.3) is 0 Å². The number of carbonyl (C=O) groups excluding carboxylic acids is 2. The van der Waals surface area contributed by atoms with Crippen molar-refractivity contribution in [1.29, 1.82) is 0 Å². The monoisotopic (exact) mass is 493 g/mol. The van der Waals surface area contributed by atoms with E-state index in [0.29, 0.717) is 12.3 Å². The number of hydrazone groups is 1. The fourth-order valence-electron chi connectivity index (χ4n) is 3.02. The lowest BCUT2D eigenvalue weighted by atomic mass is 9.88. The Hall–Kier alpha value is -2.19. The van der Waals surface area contributed by atoms with E-state index in [1.54, 1.807) is 7.11 Å². The molecule has 2 aromatic rings. The van der Waals surface area contributed by atoms with Crippen LogP contribution in [0.5, 0.6) is 5.75 Å². The van der Waals surface area contributed by atoms with E-state index >= 15 is 0 Å². The van der Waals surface area contributed by atoms with Crippen molar-refractivity contribution in [2.24, 2.45) is 11.0 Å². The van der Waals surface area contributed by atoms with Gasteiger partial charge in [0.15, 0.2) is 0 Å². The van der Waals surface area contributed by atoms with Crippen molar-refractivity contribution in [3.05, 3.63) is 62.5 Å². The number of nitrogens with zero attached hydrogens (tertiary/aromatic N) is 1. The van der Waals surface area contributed by atoms with Gasteiger partial charge in [-0.1, -0.05) is 30.3 Å². The molecule has 2 aromatic carbocycles. The Labute approximate surface area is 173 Å². The third-order valence-electron chi connectivity index (χ3n) is 4.30. The molecule has 0 aliphatic carbocycles. The van der Waals surface area contributed by atoms with Gasteiger partial charge in [-0.15, -0.1) is 0 Å². The van der Waals surface area contributed by atoms with Crippen LogP contribution in [0, 0.1) is 5.92 Å². The van der Waals surface area contributed by atoms with Gasteiger partial charge in [-0.3, -0.25) is 9.59 Å². The molecule has 8 heteroatoms. The molecule has 0 bridgehead atoms. The molecule has 0 radical (unpaired) electrons. The van der Waals surface area contributed by atoms with Gasteiger partial charge in [-0.05, 0) is 55.1 Å². The standard InChI is InChI=1S/C19H17Br2N3O3/c1-27-17-14(20)7-11(8-15(17)21)9-23-24-19(26)16-13(10-22-18(16)25)12-5-3-2-4-6-12/h2-9,13,16H,10H2,1H3,(H,22,25)(H,24,26)/t13-,16+/m0/s1. The van der Waals surface area contributed by atoms with E-state index in [1.807, 2.05) is 42.5 Å². The first-order valence-corrected chi connectivity index (χ1v) is 9.78. The quantitative estimate of drug-likeness (QED) is 0.380. The van der Waals surface area contributed by atoms with Crippen LogP contribution in [0.1, 0.15) is 17.0 Å². The lowest BCUT2D eigenvalue weighted by Crippen LogP contribution is -2.34. The van der Waals surface area contributed by atoms with Gasteiger partial charge in [0.1, 0.15) is 11.7 Å². The third-order valence-corrected chi connectivity index (χ3v) is 5.48. The summed E-state index contributed by atoms with van der Waals surface area (Å²) in [5.41, 5.74) is 4.18. The number of halogens is 2. The highest BCUT2D eigenvalue weighted by Crippen LogP contribution is 2.34. The van der Waals surface area contributed by atoms with E-state index in [2.05, 4.69) is 47.7 Å². The summed E-state index contributed by atoms with van der Waals surface area (Å²) < 4.78 is 6.77. The first kappa shape index (κ1) is 19.6. The molecule has 0 unspecified atom stereocenters. The van der Waals surface area contributed by atoms with E-state index in [1.165, 1.54) is 6.21 Å². The molecule has 1 heterocycles. The lowest BCUT2D eigenvalue weighted by molar-refractivity contribution is -0.133. The molecule has 1 saturated heterocycles. The Kier molecular flexibility index (Phi) is 6.28. The van der Waals surface area contributed by atoms with Gasteiger partial charge in [0.25, 0.3) is 5.91 Å². The maximum atomic E-state index is 12.5. The predicted molar refractivity (Wildman–Crippen MR) is 110 cm³/mol. The number of methoxy groups -OCH3 is 1. The van der Waals surface area contributed by atoms with Gasteiger partial charge in [0.2, 0.25) is 5.91 Å². The Morgan fingerprint density at radius 3 is 2.56 bits per heavy atom. The number of amides is 2. The zero-order valence-corrected chi connectivity index (χ0v) is 17.6. The summed E-state index contributed by atoms with van der Waals surface area (Å²) in [6.07, 6.45) is 1.51. The largest absolute Gasteiger partial charge is 0.494 e. The Morgan fingerprint density at radius 1 is 1.26 bits per heavy atom. The predicted octanol–water partition coefficient (Wildman–Crippen LogP) is 3.20. The van der Waals surface area contributed by atoms with E-state index in [-0.39, 0.29) is 11.8 Å². The van der Waals surface area contributed by atoms with Crippen LogP contribution in [0.3, 0.4) is 0 Å². The highest BCUT2D eigenvalue weighted by molar-refractivity contribution is 9.11. The summed E-state index contributed by atoms with van der Waals surface area (Å²) in [6, 6.07) is 13.2. The smallest absolute Gasteiger partial charge is 0.253 e. The van der Waals surface area contributed by atoms with Gasteiger partial charge in [0.05, 0.1) is 22.3 Å². The molecule has 0 aromatic heterocycles. The van der Waals surface area contributed by atoms with Crippen LogP contribution in [-0.2, 0) is 9.59 Å². The van der Waals surface area contributed by atoms with E-state index < -0.39 is 11.8 Å². The first-order valence-electron chi connectivity index (χ1n) is 8.20. The molecular weight excluding hydrogens is 478 g/mol. The van der Waals surface area contributed by atoms with Crippen LogP contribution >= 0.6 is 31.9 Å². The summed E-state index contributed by atoms with van der Waals surface area (Å²) >= 11 is 6.84. The van der Waals surface area contributed by atoms with Gasteiger partial charge >= 0.3 is 0 Å². The van der Waals surface area contributed by atoms with E-state index in [9.17, 15) is 9.59 Å². The van der Waals surface area contributed by atoms with Crippen molar-refractivity contribution in [2.75, 3.05) is 13.7 Å². The van der Waals surface area contributed by atoms with E-state index in [4.69, 9.17) is 4.74 Å². The third kappa shape index (κ3) is 4.39. The van der Waals surface area contributed by atoms with Crippen molar-refractivity contribution in [1.82, 2.24) is 10.7 Å². The number of rotatable bonds is 5. The van der Waals surface area contributed by atoms with Crippen LogP contribution in [-0.4, -0.2) is 31.7 Å². The number of ether oxygens (including phenoxy) is 1. The minimum atomic E-state index is -0.807. The van der Waals surface area contributed by atoms with Crippen molar-refractivity contribution in [3.63, 3.8) is 0 Å². The number of carbonyl (C=O) groups is 2.